The molecule has 0 bridgehead atoms. The van der Waals surface area contributed by atoms with Crippen LogP contribution in [0.2, 0.25) is 0 Å². The van der Waals surface area contributed by atoms with Crippen molar-refractivity contribution in [1.29, 1.82) is 0 Å². The van der Waals surface area contributed by atoms with E-state index in [0.29, 0.717) is 19.8 Å². The summed E-state index contributed by atoms with van der Waals surface area (Å²) in [6.07, 6.45) is 2.44. The average Bonchev–Trinajstić information content (AvgIpc) is 2.86. The van der Waals surface area contributed by atoms with E-state index >= 15 is 0 Å². The van der Waals surface area contributed by atoms with Crippen molar-refractivity contribution >= 4 is 0 Å². The highest BCUT2D eigenvalue weighted by atomic mass is 16.5. The Kier molecular flexibility index (Phi) is 8.41. The van der Waals surface area contributed by atoms with Crippen molar-refractivity contribution in [2.75, 3.05) is 19.8 Å². The maximum absolute atomic E-state index is 5.91. The molecule has 0 N–H and O–H groups in total. The van der Waals surface area contributed by atoms with E-state index in [4.69, 9.17) is 14.2 Å². The molecule has 0 unspecified atom stereocenters. The van der Waals surface area contributed by atoms with Crippen molar-refractivity contribution in [3.63, 3.8) is 0 Å². The van der Waals surface area contributed by atoms with Crippen LogP contribution in [0.25, 0.3) is 0 Å². The van der Waals surface area contributed by atoms with Gasteiger partial charge in [-0.1, -0.05) is 66.7 Å². The van der Waals surface area contributed by atoms with Crippen LogP contribution < -0.4 is 14.2 Å². The molecule has 0 saturated carbocycles. The number of ether oxygens (including phenoxy) is 3. The van der Waals surface area contributed by atoms with Gasteiger partial charge in [0, 0.05) is 19.3 Å². The summed E-state index contributed by atoms with van der Waals surface area (Å²) < 4.78 is 17.7. The summed E-state index contributed by atoms with van der Waals surface area (Å²) >= 11 is 0. The third-order valence-corrected chi connectivity index (χ3v) is 5.21. The van der Waals surface area contributed by atoms with Crippen molar-refractivity contribution in [1.82, 2.24) is 0 Å². The standard InChI is InChI=1S/C30H29O3/c1-4-10-28(11-5-1)31-19-16-25-22-26(17-20-32-29-12-6-2-7-13-29)24-27(23-25)18-21-33-30-14-8-3-9-15-30/h1-15,22-23H,16-21H2. The molecule has 0 atom stereocenters. The van der Waals surface area contributed by atoms with Gasteiger partial charge in [0.2, 0.25) is 0 Å². The largest absolute Gasteiger partial charge is 0.493 e. The molecule has 0 aliphatic heterocycles. The molecule has 0 spiro atoms. The minimum absolute atomic E-state index is 0.616. The van der Waals surface area contributed by atoms with Crippen LogP contribution in [0, 0.1) is 6.07 Å². The molecule has 3 nitrogen and oxygen atoms in total. The summed E-state index contributed by atoms with van der Waals surface area (Å²) in [5.74, 6) is 2.68. The molecule has 0 aromatic heterocycles. The third kappa shape index (κ3) is 7.73. The fourth-order valence-corrected chi connectivity index (χ4v) is 3.58. The van der Waals surface area contributed by atoms with Crippen molar-refractivity contribution in [2.24, 2.45) is 0 Å². The Morgan fingerprint density at radius 3 is 1.21 bits per heavy atom. The van der Waals surface area contributed by atoms with Crippen LogP contribution in [0.4, 0.5) is 0 Å². The number of para-hydroxylation sites is 3. The lowest BCUT2D eigenvalue weighted by Gasteiger charge is -2.12. The number of hydrogen-bond donors (Lipinski definition) is 0. The van der Waals surface area contributed by atoms with Crippen molar-refractivity contribution in [3.8, 4) is 17.2 Å². The lowest BCUT2D eigenvalue weighted by atomic mass is 10.0. The number of rotatable bonds is 12. The molecule has 0 aliphatic rings. The van der Waals surface area contributed by atoms with Crippen LogP contribution >= 0.6 is 0 Å². The quantitative estimate of drug-likeness (QED) is 0.258. The summed E-state index contributed by atoms with van der Waals surface area (Å²) in [4.78, 5) is 0. The molecule has 1 radical (unpaired) electrons. The lowest BCUT2D eigenvalue weighted by Crippen LogP contribution is -2.07. The smallest absolute Gasteiger partial charge is 0.119 e. The molecule has 33 heavy (non-hydrogen) atoms. The van der Waals surface area contributed by atoms with Gasteiger partial charge in [-0.2, -0.15) is 0 Å². The molecule has 4 aromatic rings. The van der Waals surface area contributed by atoms with E-state index in [1.54, 1.807) is 0 Å². The predicted octanol–water partition coefficient (Wildman–Crippen LogP) is 6.35. The Morgan fingerprint density at radius 2 is 0.818 bits per heavy atom. The zero-order chi connectivity index (χ0) is 22.6. The molecular formula is C30H29O3. The maximum Gasteiger partial charge on any atom is 0.119 e. The van der Waals surface area contributed by atoms with Gasteiger partial charge in [0.15, 0.2) is 0 Å². The SMILES string of the molecule is [c]1c(CCOc2ccccc2)cc(CCOc2ccccc2)cc1CCOc1ccccc1. The van der Waals surface area contributed by atoms with Gasteiger partial charge >= 0.3 is 0 Å². The number of hydrogen-bond acceptors (Lipinski definition) is 3. The molecule has 167 valence electrons. The minimum Gasteiger partial charge on any atom is -0.493 e. The lowest BCUT2D eigenvalue weighted by molar-refractivity contribution is 0.318. The molecule has 4 rings (SSSR count). The van der Waals surface area contributed by atoms with E-state index < -0.39 is 0 Å². The molecule has 3 heteroatoms. The van der Waals surface area contributed by atoms with Crippen LogP contribution in [0.1, 0.15) is 16.7 Å². The molecule has 4 aromatic carbocycles. The maximum atomic E-state index is 5.91. The molecule has 0 amide bonds. The van der Waals surface area contributed by atoms with Gasteiger partial charge in [-0.05, 0) is 59.2 Å². The first-order valence-electron chi connectivity index (χ1n) is 11.4. The van der Waals surface area contributed by atoms with E-state index in [2.05, 4.69) is 18.2 Å². The topological polar surface area (TPSA) is 27.7 Å². The summed E-state index contributed by atoms with van der Waals surface area (Å²) in [7, 11) is 0. The first-order valence-corrected chi connectivity index (χ1v) is 11.4. The second-order valence-corrected chi connectivity index (χ2v) is 7.77. The van der Waals surface area contributed by atoms with Crippen LogP contribution in [0.5, 0.6) is 17.2 Å². The Hall–Kier alpha value is -3.72. The zero-order valence-electron chi connectivity index (χ0n) is 18.8. The van der Waals surface area contributed by atoms with Crippen molar-refractivity contribution in [2.45, 2.75) is 19.3 Å². The van der Waals surface area contributed by atoms with Gasteiger partial charge in [0.1, 0.15) is 17.2 Å². The van der Waals surface area contributed by atoms with Gasteiger partial charge in [0.05, 0.1) is 19.8 Å². The van der Waals surface area contributed by atoms with Gasteiger partial charge < -0.3 is 14.2 Å². The van der Waals surface area contributed by atoms with Gasteiger partial charge in [0.25, 0.3) is 0 Å². The van der Waals surface area contributed by atoms with E-state index in [0.717, 1.165) is 47.6 Å². The zero-order valence-corrected chi connectivity index (χ0v) is 18.8. The van der Waals surface area contributed by atoms with Crippen LogP contribution in [0.3, 0.4) is 0 Å². The fraction of sp³-hybridized carbons (Fsp3) is 0.200. The van der Waals surface area contributed by atoms with Gasteiger partial charge in [-0.3, -0.25) is 0 Å². The predicted molar refractivity (Wildman–Crippen MR) is 132 cm³/mol. The first-order chi connectivity index (χ1) is 16.3. The molecule has 0 aliphatic carbocycles. The van der Waals surface area contributed by atoms with Crippen LogP contribution in [0.15, 0.2) is 103 Å². The monoisotopic (exact) mass is 437 g/mol. The summed E-state index contributed by atoms with van der Waals surface area (Å²) in [6, 6.07) is 37.8. The molecular weight excluding hydrogens is 408 g/mol. The van der Waals surface area contributed by atoms with E-state index in [1.165, 1.54) is 5.56 Å². The third-order valence-electron chi connectivity index (χ3n) is 5.21. The Balaban J connectivity index is 1.37. The summed E-state index contributed by atoms with van der Waals surface area (Å²) in [5, 5.41) is 0. The van der Waals surface area contributed by atoms with E-state index in [1.807, 2.05) is 91.0 Å². The highest BCUT2D eigenvalue weighted by Crippen LogP contribution is 2.16. The Labute approximate surface area is 196 Å². The van der Waals surface area contributed by atoms with Crippen LogP contribution in [-0.2, 0) is 19.3 Å². The normalized spacial score (nSPS) is 10.5. The summed E-state index contributed by atoms with van der Waals surface area (Å²) in [6.45, 7) is 1.86. The number of benzene rings is 4. The first kappa shape index (κ1) is 22.5. The van der Waals surface area contributed by atoms with E-state index in [9.17, 15) is 0 Å². The Bertz CT molecular complexity index is 925. The minimum atomic E-state index is 0.616. The molecule has 0 fully saturated rings. The summed E-state index contributed by atoms with van der Waals surface area (Å²) in [5.41, 5.74) is 3.55. The molecule has 0 heterocycles. The highest BCUT2D eigenvalue weighted by Gasteiger charge is 2.05. The molecule has 0 saturated heterocycles. The van der Waals surface area contributed by atoms with Crippen LogP contribution in [-0.4, -0.2) is 19.8 Å². The van der Waals surface area contributed by atoms with Crippen molar-refractivity contribution in [3.05, 3.63) is 126 Å². The second kappa shape index (κ2) is 12.4. The van der Waals surface area contributed by atoms with Crippen molar-refractivity contribution < 1.29 is 14.2 Å². The van der Waals surface area contributed by atoms with Gasteiger partial charge in [-0.25, -0.2) is 0 Å². The Morgan fingerprint density at radius 1 is 0.455 bits per heavy atom. The van der Waals surface area contributed by atoms with E-state index in [-0.39, 0.29) is 0 Å². The highest BCUT2D eigenvalue weighted by molar-refractivity contribution is 5.31. The fourth-order valence-electron chi connectivity index (χ4n) is 3.58. The average molecular weight is 438 g/mol. The van der Waals surface area contributed by atoms with Gasteiger partial charge in [-0.15, -0.1) is 0 Å². The second-order valence-electron chi connectivity index (χ2n) is 7.77.